The molecule has 2 atom stereocenters. The predicted octanol–water partition coefficient (Wildman–Crippen LogP) is 2.79. The summed E-state index contributed by atoms with van der Waals surface area (Å²) in [6.45, 7) is 0. The molecule has 108 valence electrons. The van der Waals surface area contributed by atoms with Gasteiger partial charge in [-0.1, -0.05) is 18.2 Å². The first-order valence-electron chi connectivity index (χ1n) is 6.07. The topological polar surface area (TPSA) is 46.5 Å². The van der Waals surface area contributed by atoms with Gasteiger partial charge in [-0.3, -0.25) is 4.79 Å². The van der Waals surface area contributed by atoms with Gasteiger partial charge in [0.05, 0.1) is 18.1 Å². The minimum Gasteiger partial charge on any atom is -0.458 e. The Morgan fingerprint density at radius 3 is 2.75 bits per heavy atom. The highest BCUT2D eigenvalue weighted by atomic mass is 19.4. The quantitative estimate of drug-likeness (QED) is 0.850. The van der Waals surface area contributed by atoms with Crippen LogP contribution < -0.4 is 0 Å². The average Bonchev–Trinajstić information content (AvgIpc) is 2.35. The second-order valence-electron chi connectivity index (χ2n) is 4.60. The molecule has 0 aromatic heterocycles. The summed E-state index contributed by atoms with van der Waals surface area (Å²) in [7, 11) is 0. The monoisotopic (exact) mass is 286 g/mol. The molecule has 0 amide bonds. The minimum absolute atomic E-state index is 0.0477. The van der Waals surface area contributed by atoms with Crippen molar-refractivity contribution in [3.63, 3.8) is 0 Å². The van der Waals surface area contributed by atoms with Crippen LogP contribution in [0, 0.1) is 0 Å². The van der Waals surface area contributed by atoms with E-state index >= 15 is 0 Å². The summed E-state index contributed by atoms with van der Waals surface area (Å²) in [5.41, 5.74) is -0.378. The number of rotatable bonds is 2. The second kappa shape index (κ2) is 5.66. The maximum absolute atomic E-state index is 12.5. The van der Waals surface area contributed by atoms with Crippen LogP contribution in [0.5, 0.6) is 0 Å². The maximum Gasteiger partial charge on any atom is 0.416 e. The Labute approximate surface area is 113 Å². The highest BCUT2D eigenvalue weighted by Gasteiger charge is 2.30. The molecule has 1 aliphatic heterocycles. The molecule has 0 saturated carbocycles. The second-order valence-corrected chi connectivity index (χ2v) is 4.60. The van der Waals surface area contributed by atoms with Gasteiger partial charge in [-0.2, -0.15) is 13.2 Å². The van der Waals surface area contributed by atoms with Gasteiger partial charge < -0.3 is 9.84 Å². The summed E-state index contributed by atoms with van der Waals surface area (Å²) in [6.07, 6.45) is -2.64. The maximum atomic E-state index is 12.5. The molecule has 1 saturated heterocycles. The van der Waals surface area contributed by atoms with Crippen molar-refractivity contribution in [3.05, 3.63) is 41.5 Å². The molecule has 0 aliphatic carbocycles. The van der Waals surface area contributed by atoms with E-state index in [1.165, 1.54) is 24.3 Å². The predicted molar refractivity (Wildman–Crippen MR) is 65.6 cm³/mol. The van der Waals surface area contributed by atoms with Crippen LogP contribution in [0.3, 0.4) is 0 Å². The van der Waals surface area contributed by atoms with Crippen LogP contribution in [-0.2, 0) is 15.7 Å². The molecule has 2 unspecified atom stereocenters. The van der Waals surface area contributed by atoms with Gasteiger partial charge in [-0.15, -0.1) is 0 Å². The summed E-state index contributed by atoms with van der Waals surface area (Å²) in [6, 6.07) is 4.83. The van der Waals surface area contributed by atoms with E-state index in [0.29, 0.717) is 5.56 Å². The summed E-state index contributed by atoms with van der Waals surface area (Å²) in [5, 5.41) is 9.41. The Balaban J connectivity index is 2.09. The number of ether oxygens (including phenoxy) is 1. The van der Waals surface area contributed by atoms with E-state index in [1.807, 2.05) is 0 Å². The lowest BCUT2D eigenvalue weighted by Gasteiger charge is -2.23. The Hall–Kier alpha value is -1.82. The molecular formula is C14H13F3O3. The molecule has 6 heteroatoms. The summed E-state index contributed by atoms with van der Waals surface area (Å²) < 4.78 is 42.6. The highest BCUT2D eigenvalue weighted by molar-refractivity contribution is 5.71. The van der Waals surface area contributed by atoms with Crippen molar-refractivity contribution in [2.24, 2.45) is 0 Å². The zero-order chi connectivity index (χ0) is 14.8. The van der Waals surface area contributed by atoms with E-state index < -0.39 is 29.9 Å². The third-order valence-electron chi connectivity index (χ3n) is 2.91. The summed E-state index contributed by atoms with van der Waals surface area (Å²) >= 11 is 0. The van der Waals surface area contributed by atoms with E-state index in [2.05, 4.69) is 0 Å². The van der Waals surface area contributed by atoms with Crippen LogP contribution in [0.15, 0.2) is 30.3 Å². The third kappa shape index (κ3) is 3.84. The molecule has 1 aromatic rings. The van der Waals surface area contributed by atoms with Gasteiger partial charge in [0.2, 0.25) is 0 Å². The number of halogens is 3. The normalized spacial score (nSPS) is 23.9. The van der Waals surface area contributed by atoms with Crippen LogP contribution in [0.4, 0.5) is 13.2 Å². The largest absolute Gasteiger partial charge is 0.458 e. The molecule has 1 aliphatic rings. The number of alkyl halides is 3. The lowest BCUT2D eigenvalue weighted by molar-refractivity contribution is -0.156. The first-order chi connectivity index (χ1) is 9.34. The van der Waals surface area contributed by atoms with Crippen LogP contribution >= 0.6 is 0 Å². The van der Waals surface area contributed by atoms with Crippen LogP contribution in [0.25, 0.3) is 6.08 Å². The number of cyclic esters (lactones) is 1. The molecular weight excluding hydrogens is 273 g/mol. The lowest BCUT2D eigenvalue weighted by Crippen LogP contribution is -2.31. The van der Waals surface area contributed by atoms with E-state index in [9.17, 15) is 23.1 Å². The smallest absolute Gasteiger partial charge is 0.416 e. The fourth-order valence-corrected chi connectivity index (χ4v) is 1.96. The van der Waals surface area contributed by atoms with Crippen molar-refractivity contribution >= 4 is 12.0 Å². The molecule has 2 rings (SSSR count). The number of hydrogen-bond acceptors (Lipinski definition) is 3. The van der Waals surface area contributed by atoms with Crippen molar-refractivity contribution in [1.29, 1.82) is 0 Å². The number of hydrogen-bond donors (Lipinski definition) is 1. The van der Waals surface area contributed by atoms with Crippen molar-refractivity contribution in [1.82, 2.24) is 0 Å². The molecule has 0 radical (unpaired) electrons. The van der Waals surface area contributed by atoms with Crippen LogP contribution in [0.1, 0.15) is 24.0 Å². The van der Waals surface area contributed by atoms with Crippen molar-refractivity contribution in [3.8, 4) is 0 Å². The van der Waals surface area contributed by atoms with Gasteiger partial charge in [0.25, 0.3) is 0 Å². The van der Waals surface area contributed by atoms with Crippen molar-refractivity contribution in [2.75, 3.05) is 0 Å². The summed E-state index contributed by atoms with van der Waals surface area (Å²) in [5.74, 6) is -0.512. The van der Waals surface area contributed by atoms with Crippen LogP contribution in [0.2, 0.25) is 0 Å². The Bertz CT molecular complexity index is 523. The molecule has 1 aromatic carbocycles. The Morgan fingerprint density at radius 1 is 1.35 bits per heavy atom. The zero-order valence-corrected chi connectivity index (χ0v) is 10.4. The Kier molecular flexibility index (Phi) is 4.13. The molecule has 3 nitrogen and oxygen atoms in total. The van der Waals surface area contributed by atoms with Crippen molar-refractivity contribution < 1.29 is 27.8 Å². The third-order valence-corrected chi connectivity index (χ3v) is 2.91. The molecule has 0 spiro atoms. The van der Waals surface area contributed by atoms with Gasteiger partial charge in [-0.05, 0) is 23.8 Å². The highest BCUT2D eigenvalue weighted by Crippen LogP contribution is 2.29. The van der Waals surface area contributed by atoms with Crippen molar-refractivity contribution in [2.45, 2.75) is 31.2 Å². The standard InChI is InChI=1S/C14H13F3O3/c15-14(16,17)10-3-1-2-9(6-10)4-5-12-7-11(18)8-13(19)20-12/h1-6,11-12,18H,7-8H2/b5-4+. The number of esters is 1. The fraction of sp³-hybridized carbons (Fsp3) is 0.357. The number of carbonyl (C=O) groups excluding carboxylic acids is 1. The van der Waals surface area contributed by atoms with Gasteiger partial charge in [0.15, 0.2) is 0 Å². The van der Waals surface area contributed by atoms with Gasteiger partial charge in [-0.25, -0.2) is 0 Å². The number of carbonyl (C=O) groups is 1. The minimum atomic E-state index is -4.39. The van der Waals surface area contributed by atoms with Gasteiger partial charge >= 0.3 is 12.1 Å². The lowest BCUT2D eigenvalue weighted by atomic mass is 10.0. The molecule has 1 fully saturated rings. The summed E-state index contributed by atoms with van der Waals surface area (Å²) in [4.78, 5) is 11.1. The molecule has 0 bridgehead atoms. The number of aliphatic hydroxyl groups is 1. The van der Waals surface area contributed by atoms with E-state index in [1.54, 1.807) is 0 Å². The van der Waals surface area contributed by atoms with E-state index in [4.69, 9.17) is 4.74 Å². The number of aliphatic hydroxyl groups excluding tert-OH is 1. The molecule has 20 heavy (non-hydrogen) atoms. The first kappa shape index (κ1) is 14.6. The Morgan fingerprint density at radius 2 is 2.10 bits per heavy atom. The van der Waals surface area contributed by atoms with Gasteiger partial charge in [0.1, 0.15) is 6.10 Å². The fourth-order valence-electron chi connectivity index (χ4n) is 1.96. The number of benzene rings is 1. The van der Waals surface area contributed by atoms with Crippen LogP contribution in [-0.4, -0.2) is 23.3 Å². The van der Waals surface area contributed by atoms with E-state index in [-0.39, 0.29) is 12.8 Å². The molecule has 1 N–H and O–H groups in total. The zero-order valence-electron chi connectivity index (χ0n) is 10.4. The van der Waals surface area contributed by atoms with E-state index in [0.717, 1.165) is 12.1 Å². The first-order valence-corrected chi connectivity index (χ1v) is 6.07. The SMILES string of the molecule is O=C1CC(O)CC(/C=C/c2cccc(C(F)(F)F)c2)O1. The average molecular weight is 286 g/mol. The van der Waals surface area contributed by atoms with Gasteiger partial charge in [0, 0.05) is 6.42 Å². The molecule has 1 heterocycles.